The van der Waals surface area contributed by atoms with Gasteiger partial charge < -0.3 is 10.2 Å². The van der Waals surface area contributed by atoms with Gasteiger partial charge in [-0.2, -0.15) is 10.1 Å². The Balaban J connectivity index is 1.50. The number of anilines is 1. The predicted molar refractivity (Wildman–Crippen MR) is 93.7 cm³/mol. The first-order valence-electron chi connectivity index (χ1n) is 8.65. The van der Waals surface area contributed by atoms with E-state index in [1.54, 1.807) is 0 Å². The van der Waals surface area contributed by atoms with Gasteiger partial charge in [-0.3, -0.25) is 9.67 Å². The Hall–Kier alpha value is -2.55. The van der Waals surface area contributed by atoms with Crippen LogP contribution >= 0.6 is 0 Å². The molecule has 0 spiro atoms. The number of piperazine rings is 1. The number of fused-ring (bicyclic) bond motifs is 1. The number of aromatic nitrogens is 7. The van der Waals surface area contributed by atoms with Crippen LogP contribution in [0, 0.1) is 13.8 Å². The second-order valence-electron chi connectivity index (χ2n) is 6.44. The molecule has 0 atom stereocenters. The first kappa shape index (κ1) is 15.9. The topological polar surface area (TPSA) is 89.1 Å². The third-order valence-corrected chi connectivity index (χ3v) is 4.57. The molecule has 0 bridgehead atoms. The van der Waals surface area contributed by atoms with Crippen LogP contribution in [0.3, 0.4) is 0 Å². The fraction of sp³-hybridized carbons (Fsp3) is 0.562. The zero-order valence-corrected chi connectivity index (χ0v) is 14.9. The minimum absolute atomic E-state index is 0.730. The zero-order valence-electron chi connectivity index (χ0n) is 14.9. The predicted octanol–water partition coefficient (Wildman–Crippen LogP) is 0.0644. The van der Waals surface area contributed by atoms with Crippen LogP contribution in [0.1, 0.15) is 23.0 Å². The van der Waals surface area contributed by atoms with Gasteiger partial charge in [-0.1, -0.05) is 0 Å². The molecular weight excluding hydrogens is 318 g/mol. The summed E-state index contributed by atoms with van der Waals surface area (Å²) in [6.07, 6.45) is 3.31. The molecule has 0 saturated carbocycles. The number of rotatable bonds is 4. The normalized spacial score (nSPS) is 15.2. The van der Waals surface area contributed by atoms with Crippen LogP contribution in [-0.4, -0.2) is 60.5 Å². The monoisotopic (exact) mass is 341 g/mol. The molecule has 4 rings (SSSR count). The molecule has 4 heterocycles. The van der Waals surface area contributed by atoms with Crippen molar-refractivity contribution in [1.82, 2.24) is 39.7 Å². The van der Waals surface area contributed by atoms with Crippen molar-refractivity contribution in [3.05, 3.63) is 29.2 Å². The molecule has 0 radical (unpaired) electrons. The van der Waals surface area contributed by atoms with Crippen molar-refractivity contribution in [2.75, 3.05) is 31.1 Å². The Bertz CT molecular complexity index is 850. The zero-order chi connectivity index (χ0) is 17.4. The second-order valence-corrected chi connectivity index (χ2v) is 6.44. The Kier molecular flexibility index (Phi) is 4.08. The van der Waals surface area contributed by atoms with E-state index in [0.29, 0.717) is 0 Å². The number of hydrogen-bond acceptors (Lipinski definition) is 7. The number of nitrogens with one attached hydrogen (secondary N) is 1. The molecule has 1 N–H and O–H groups in total. The van der Waals surface area contributed by atoms with Crippen LogP contribution < -0.4 is 10.2 Å². The highest BCUT2D eigenvalue weighted by Gasteiger charge is 2.17. The molecule has 1 aliphatic heterocycles. The molecule has 3 aromatic rings. The van der Waals surface area contributed by atoms with Gasteiger partial charge in [0.25, 0.3) is 0 Å². The molecule has 0 aliphatic carbocycles. The Morgan fingerprint density at radius 2 is 1.88 bits per heavy atom. The smallest absolute Gasteiger partial charge is 0.245 e. The molecule has 132 valence electrons. The summed E-state index contributed by atoms with van der Waals surface area (Å²) >= 11 is 0. The second kappa shape index (κ2) is 6.40. The highest BCUT2D eigenvalue weighted by atomic mass is 15.4. The van der Waals surface area contributed by atoms with Crippen molar-refractivity contribution in [3.63, 3.8) is 0 Å². The summed E-state index contributed by atoms with van der Waals surface area (Å²) in [7, 11) is 1.95. The lowest BCUT2D eigenvalue weighted by Crippen LogP contribution is -2.44. The molecule has 1 saturated heterocycles. The van der Waals surface area contributed by atoms with E-state index in [1.807, 2.05) is 36.3 Å². The van der Waals surface area contributed by atoms with Gasteiger partial charge in [0.2, 0.25) is 5.95 Å². The fourth-order valence-electron chi connectivity index (χ4n) is 3.09. The molecule has 0 aromatic carbocycles. The van der Waals surface area contributed by atoms with E-state index in [-0.39, 0.29) is 0 Å². The maximum absolute atomic E-state index is 4.71. The highest BCUT2D eigenvalue weighted by molar-refractivity contribution is 5.43. The van der Waals surface area contributed by atoms with Crippen LogP contribution in [0.25, 0.3) is 5.65 Å². The largest absolute Gasteiger partial charge is 0.337 e. The van der Waals surface area contributed by atoms with Crippen molar-refractivity contribution < 1.29 is 0 Å². The van der Waals surface area contributed by atoms with Crippen LogP contribution in [0.15, 0.2) is 6.20 Å². The van der Waals surface area contributed by atoms with Crippen molar-refractivity contribution in [2.45, 2.75) is 26.7 Å². The molecule has 9 heteroatoms. The minimum Gasteiger partial charge on any atom is -0.337 e. The summed E-state index contributed by atoms with van der Waals surface area (Å²) < 4.78 is 3.73. The maximum Gasteiger partial charge on any atom is 0.245 e. The first-order valence-corrected chi connectivity index (χ1v) is 8.65. The fourth-order valence-corrected chi connectivity index (χ4v) is 3.09. The van der Waals surface area contributed by atoms with E-state index in [0.717, 1.165) is 73.7 Å². The third-order valence-electron chi connectivity index (χ3n) is 4.57. The van der Waals surface area contributed by atoms with E-state index in [9.17, 15) is 0 Å². The SMILES string of the molecule is Cc1ncc(C)n2nc(CCc3nc(N4CCNCC4)nn3C)nc12. The molecule has 1 fully saturated rings. The summed E-state index contributed by atoms with van der Waals surface area (Å²) in [4.78, 5) is 15.9. The Labute approximate surface area is 146 Å². The molecule has 9 nitrogen and oxygen atoms in total. The molecular formula is C16H23N9. The molecule has 0 amide bonds. The van der Waals surface area contributed by atoms with E-state index in [2.05, 4.69) is 30.4 Å². The highest BCUT2D eigenvalue weighted by Crippen LogP contribution is 2.13. The summed E-state index contributed by atoms with van der Waals surface area (Å²) in [6, 6.07) is 0. The number of aryl methyl sites for hydroxylation is 5. The van der Waals surface area contributed by atoms with Crippen molar-refractivity contribution in [3.8, 4) is 0 Å². The quantitative estimate of drug-likeness (QED) is 0.718. The average molecular weight is 341 g/mol. The van der Waals surface area contributed by atoms with Crippen LogP contribution in [0.5, 0.6) is 0 Å². The average Bonchev–Trinajstić information content (AvgIpc) is 3.22. The van der Waals surface area contributed by atoms with Gasteiger partial charge in [-0.15, -0.1) is 5.10 Å². The van der Waals surface area contributed by atoms with Crippen molar-refractivity contribution >= 4 is 11.6 Å². The lowest BCUT2D eigenvalue weighted by Gasteiger charge is -2.25. The van der Waals surface area contributed by atoms with Gasteiger partial charge in [0.15, 0.2) is 11.5 Å². The van der Waals surface area contributed by atoms with Crippen molar-refractivity contribution in [1.29, 1.82) is 0 Å². The standard InChI is InChI=1S/C16H23N9/c1-11-10-18-12(2)15-19-13(21-25(11)15)4-5-14-20-16(22-23(14)3)24-8-6-17-7-9-24/h10,17H,4-9H2,1-3H3. The van der Waals surface area contributed by atoms with E-state index >= 15 is 0 Å². The van der Waals surface area contributed by atoms with Crippen molar-refractivity contribution in [2.24, 2.45) is 7.05 Å². The van der Waals surface area contributed by atoms with Gasteiger partial charge in [0, 0.05) is 52.3 Å². The molecule has 3 aromatic heterocycles. The molecule has 25 heavy (non-hydrogen) atoms. The number of hydrogen-bond donors (Lipinski definition) is 1. The van der Waals surface area contributed by atoms with E-state index in [4.69, 9.17) is 4.98 Å². The Morgan fingerprint density at radius 1 is 1.08 bits per heavy atom. The maximum atomic E-state index is 4.71. The van der Waals surface area contributed by atoms with Gasteiger partial charge >= 0.3 is 0 Å². The Morgan fingerprint density at radius 3 is 2.64 bits per heavy atom. The van der Waals surface area contributed by atoms with E-state index < -0.39 is 0 Å². The summed E-state index contributed by atoms with van der Waals surface area (Å²) in [5, 5.41) is 12.5. The van der Waals surface area contributed by atoms with Crippen LogP contribution in [0.4, 0.5) is 5.95 Å². The van der Waals surface area contributed by atoms with E-state index in [1.165, 1.54) is 0 Å². The molecule has 0 unspecified atom stereocenters. The van der Waals surface area contributed by atoms with Gasteiger partial charge in [0.1, 0.15) is 5.82 Å². The summed E-state index contributed by atoms with van der Waals surface area (Å²) in [5.74, 6) is 2.59. The number of nitrogens with zero attached hydrogens (tertiary/aromatic N) is 8. The summed E-state index contributed by atoms with van der Waals surface area (Å²) in [5.41, 5.74) is 2.71. The molecule has 1 aliphatic rings. The lowest BCUT2D eigenvalue weighted by atomic mass is 10.3. The minimum atomic E-state index is 0.730. The van der Waals surface area contributed by atoms with Gasteiger partial charge in [-0.05, 0) is 13.8 Å². The van der Waals surface area contributed by atoms with Gasteiger partial charge in [-0.25, -0.2) is 9.50 Å². The van der Waals surface area contributed by atoms with Gasteiger partial charge in [0.05, 0.1) is 11.4 Å². The summed E-state index contributed by atoms with van der Waals surface area (Å²) in [6.45, 7) is 7.79. The third kappa shape index (κ3) is 3.07. The lowest BCUT2D eigenvalue weighted by molar-refractivity contribution is 0.577. The van der Waals surface area contributed by atoms with Crippen LogP contribution in [0.2, 0.25) is 0 Å². The first-order chi connectivity index (χ1) is 12.1. The van der Waals surface area contributed by atoms with Crippen LogP contribution in [-0.2, 0) is 19.9 Å².